The van der Waals surface area contributed by atoms with Gasteiger partial charge < -0.3 is 4.90 Å². The fourth-order valence-corrected chi connectivity index (χ4v) is 2.10. The molecule has 1 heterocycles. The van der Waals surface area contributed by atoms with Crippen LogP contribution in [0.3, 0.4) is 0 Å². The number of alkyl halides is 1. The molecule has 0 aliphatic carbocycles. The van der Waals surface area contributed by atoms with Gasteiger partial charge in [-0.15, -0.1) is 11.6 Å². The molecule has 0 saturated carbocycles. The largest absolute Gasteiger partial charge is 0.342 e. The van der Waals surface area contributed by atoms with Gasteiger partial charge in [0.25, 0.3) is 0 Å². The standard InChI is InChI=1S/C15H17ClFN3/c1-10(2)15-18-9-14(13(8-16)19-15)20(3)12-6-4-5-11(17)7-12/h4-7,9-10H,8H2,1-3H3. The highest BCUT2D eigenvalue weighted by Gasteiger charge is 2.14. The molecule has 0 atom stereocenters. The Morgan fingerprint density at radius 2 is 2.10 bits per heavy atom. The normalized spacial score (nSPS) is 10.9. The van der Waals surface area contributed by atoms with Crippen LogP contribution in [0.5, 0.6) is 0 Å². The zero-order chi connectivity index (χ0) is 14.7. The van der Waals surface area contributed by atoms with Crippen LogP contribution in [0.15, 0.2) is 30.5 Å². The Morgan fingerprint density at radius 1 is 1.35 bits per heavy atom. The van der Waals surface area contributed by atoms with Gasteiger partial charge in [-0.05, 0) is 18.2 Å². The summed E-state index contributed by atoms with van der Waals surface area (Å²) in [6.45, 7) is 4.06. The monoisotopic (exact) mass is 293 g/mol. The topological polar surface area (TPSA) is 29.0 Å². The fourth-order valence-electron chi connectivity index (χ4n) is 1.91. The molecular weight excluding hydrogens is 277 g/mol. The van der Waals surface area contributed by atoms with Gasteiger partial charge >= 0.3 is 0 Å². The van der Waals surface area contributed by atoms with Gasteiger partial charge in [-0.2, -0.15) is 0 Å². The molecule has 1 aromatic carbocycles. The molecule has 5 heteroatoms. The molecule has 0 unspecified atom stereocenters. The lowest BCUT2D eigenvalue weighted by atomic mass is 10.2. The van der Waals surface area contributed by atoms with E-state index in [1.54, 1.807) is 12.3 Å². The molecule has 2 aromatic rings. The Bertz CT molecular complexity index is 601. The molecule has 0 fully saturated rings. The molecule has 0 radical (unpaired) electrons. The minimum Gasteiger partial charge on any atom is -0.342 e. The number of halogens is 2. The van der Waals surface area contributed by atoms with Gasteiger partial charge in [0.05, 0.1) is 23.5 Å². The first-order chi connectivity index (χ1) is 9.52. The second-order valence-electron chi connectivity index (χ2n) is 4.89. The van der Waals surface area contributed by atoms with Crippen LogP contribution in [-0.2, 0) is 5.88 Å². The molecule has 0 amide bonds. The predicted octanol–water partition coefficient (Wildman–Crippen LogP) is 4.25. The van der Waals surface area contributed by atoms with Crippen LogP contribution in [-0.4, -0.2) is 17.0 Å². The van der Waals surface area contributed by atoms with E-state index in [-0.39, 0.29) is 17.6 Å². The van der Waals surface area contributed by atoms with E-state index in [1.165, 1.54) is 12.1 Å². The summed E-state index contributed by atoms with van der Waals surface area (Å²) in [5.74, 6) is 1.01. The van der Waals surface area contributed by atoms with Crippen molar-refractivity contribution in [2.45, 2.75) is 25.6 Å². The lowest BCUT2D eigenvalue weighted by Gasteiger charge is -2.21. The summed E-state index contributed by atoms with van der Waals surface area (Å²) in [4.78, 5) is 10.7. The Labute approximate surface area is 123 Å². The molecule has 3 nitrogen and oxygen atoms in total. The fraction of sp³-hybridized carbons (Fsp3) is 0.333. The average molecular weight is 294 g/mol. The van der Waals surface area contributed by atoms with Crippen molar-refractivity contribution >= 4 is 23.0 Å². The molecule has 20 heavy (non-hydrogen) atoms. The van der Waals surface area contributed by atoms with Gasteiger partial charge in [-0.1, -0.05) is 19.9 Å². The molecule has 2 rings (SSSR count). The van der Waals surface area contributed by atoms with E-state index in [0.29, 0.717) is 0 Å². The molecule has 0 N–H and O–H groups in total. The Hall–Kier alpha value is -1.68. The highest BCUT2D eigenvalue weighted by Crippen LogP contribution is 2.27. The maximum Gasteiger partial charge on any atom is 0.131 e. The lowest BCUT2D eigenvalue weighted by molar-refractivity contribution is 0.628. The highest BCUT2D eigenvalue weighted by atomic mass is 35.5. The van der Waals surface area contributed by atoms with Crippen LogP contribution in [0.2, 0.25) is 0 Å². The third kappa shape index (κ3) is 3.07. The van der Waals surface area contributed by atoms with Crippen LogP contribution in [0.25, 0.3) is 0 Å². The summed E-state index contributed by atoms with van der Waals surface area (Å²) in [5, 5.41) is 0. The van der Waals surface area contributed by atoms with Crippen LogP contribution in [0, 0.1) is 5.82 Å². The molecule has 0 spiro atoms. The molecule has 0 bridgehead atoms. The highest BCUT2D eigenvalue weighted by molar-refractivity contribution is 6.17. The zero-order valence-electron chi connectivity index (χ0n) is 11.8. The van der Waals surface area contributed by atoms with Gasteiger partial charge in [0, 0.05) is 18.7 Å². The van der Waals surface area contributed by atoms with Crippen molar-refractivity contribution in [2.24, 2.45) is 0 Å². The summed E-state index contributed by atoms with van der Waals surface area (Å²) >= 11 is 5.98. The summed E-state index contributed by atoms with van der Waals surface area (Å²) < 4.78 is 13.3. The second kappa shape index (κ2) is 6.18. The molecular formula is C15H17ClFN3. The van der Waals surface area contributed by atoms with Gasteiger partial charge in [0.2, 0.25) is 0 Å². The van der Waals surface area contributed by atoms with Gasteiger partial charge in [-0.3, -0.25) is 0 Å². The summed E-state index contributed by atoms with van der Waals surface area (Å²) in [5.41, 5.74) is 2.27. The smallest absolute Gasteiger partial charge is 0.131 e. The molecule has 0 saturated heterocycles. The Kier molecular flexibility index (Phi) is 4.55. The van der Waals surface area contributed by atoms with Crippen LogP contribution < -0.4 is 4.90 Å². The van der Waals surface area contributed by atoms with Crippen molar-refractivity contribution in [3.8, 4) is 0 Å². The minimum atomic E-state index is -0.276. The van der Waals surface area contributed by atoms with Crippen LogP contribution in [0.1, 0.15) is 31.3 Å². The number of rotatable bonds is 4. The number of nitrogens with zero attached hydrogens (tertiary/aromatic N) is 3. The van der Waals surface area contributed by atoms with Crippen molar-refractivity contribution < 1.29 is 4.39 Å². The van der Waals surface area contributed by atoms with E-state index in [4.69, 9.17) is 11.6 Å². The number of benzene rings is 1. The van der Waals surface area contributed by atoms with Crippen molar-refractivity contribution in [1.29, 1.82) is 0 Å². The number of hydrogen-bond acceptors (Lipinski definition) is 3. The molecule has 106 valence electrons. The minimum absolute atomic E-state index is 0.241. The maximum absolute atomic E-state index is 13.3. The Balaban J connectivity index is 2.41. The van der Waals surface area contributed by atoms with E-state index in [1.807, 2.05) is 31.9 Å². The van der Waals surface area contributed by atoms with Gasteiger partial charge in [0.1, 0.15) is 11.6 Å². The van der Waals surface area contributed by atoms with E-state index in [9.17, 15) is 4.39 Å². The first-order valence-electron chi connectivity index (χ1n) is 6.44. The quantitative estimate of drug-likeness (QED) is 0.789. The molecule has 0 aliphatic rings. The van der Waals surface area contributed by atoms with Crippen molar-refractivity contribution in [3.63, 3.8) is 0 Å². The first kappa shape index (κ1) is 14.7. The summed E-state index contributed by atoms with van der Waals surface area (Å²) in [6, 6.07) is 6.38. The summed E-state index contributed by atoms with van der Waals surface area (Å²) in [6.07, 6.45) is 1.74. The number of anilines is 2. The number of hydrogen-bond donors (Lipinski definition) is 0. The molecule has 0 aliphatic heterocycles. The van der Waals surface area contributed by atoms with Crippen molar-refractivity contribution in [2.75, 3.05) is 11.9 Å². The first-order valence-corrected chi connectivity index (χ1v) is 6.97. The van der Waals surface area contributed by atoms with E-state index in [0.717, 1.165) is 22.9 Å². The van der Waals surface area contributed by atoms with E-state index < -0.39 is 0 Å². The maximum atomic E-state index is 13.3. The zero-order valence-corrected chi connectivity index (χ0v) is 12.5. The van der Waals surface area contributed by atoms with Gasteiger partial charge in [0.15, 0.2) is 0 Å². The second-order valence-corrected chi connectivity index (χ2v) is 5.15. The lowest BCUT2D eigenvalue weighted by Crippen LogP contribution is -2.14. The average Bonchev–Trinajstić information content (AvgIpc) is 2.45. The summed E-state index contributed by atoms with van der Waals surface area (Å²) in [7, 11) is 1.85. The third-order valence-electron chi connectivity index (χ3n) is 3.06. The Morgan fingerprint density at radius 3 is 2.70 bits per heavy atom. The van der Waals surface area contributed by atoms with E-state index >= 15 is 0 Å². The van der Waals surface area contributed by atoms with Crippen molar-refractivity contribution in [1.82, 2.24) is 9.97 Å². The third-order valence-corrected chi connectivity index (χ3v) is 3.32. The molecule has 1 aromatic heterocycles. The van der Waals surface area contributed by atoms with Gasteiger partial charge in [-0.25, -0.2) is 14.4 Å². The van der Waals surface area contributed by atoms with Crippen LogP contribution in [0.4, 0.5) is 15.8 Å². The number of aromatic nitrogens is 2. The van der Waals surface area contributed by atoms with Crippen molar-refractivity contribution in [3.05, 3.63) is 47.8 Å². The SMILES string of the molecule is CC(C)c1ncc(N(C)c2cccc(F)c2)c(CCl)n1. The van der Waals surface area contributed by atoms with Crippen LogP contribution >= 0.6 is 11.6 Å². The predicted molar refractivity (Wildman–Crippen MR) is 80.1 cm³/mol. The van der Waals surface area contributed by atoms with E-state index in [2.05, 4.69) is 9.97 Å².